The van der Waals surface area contributed by atoms with E-state index in [1.807, 2.05) is 32.0 Å². The molecule has 2 aromatic rings. The Morgan fingerprint density at radius 3 is 2.48 bits per heavy atom. The molecule has 0 saturated carbocycles. The molecule has 0 spiro atoms. The Hall–Kier alpha value is -1.73. The van der Waals surface area contributed by atoms with Gasteiger partial charge in [0.1, 0.15) is 0 Å². The average Bonchev–Trinajstić information content (AvgIpc) is 2.60. The minimum atomic E-state index is -3.86. The predicted octanol–water partition coefficient (Wildman–Crippen LogP) is 2.95. The number of rotatable bonds is 5. The van der Waals surface area contributed by atoms with Crippen LogP contribution in [0.4, 0.5) is 0 Å². The maximum Gasteiger partial charge on any atom is 0.299 e. The third kappa shape index (κ3) is 4.46. The van der Waals surface area contributed by atoms with Gasteiger partial charge in [-0.25, -0.2) is 4.18 Å². The molecule has 1 unspecified atom stereocenters. The van der Waals surface area contributed by atoms with Crippen molar-refractivity contribution in [2.75, 3.05) is 13.2 Å². The highest BCUT2D eigenvalue weighted by atomic mass is 32.2. The van der Waals surface area contributed by atoms with Crippen LogP contribution in [0.5, 0.6) is 0 Å². The molecular formula is C19H23NO4S. The first kappa shape index (κ1) is 18.1. The highest BCUT2D eigenvalue weighted by Crippen LogP contribution is 2.22. The largest absolute Gasteiger partial charge is 0.348 e. The Morgan fingerprint density at radius 1 is 1.12 bits per heavy atom. The van der Waals surface area contributed by atoms with Gasteiger partial charge in [-0.15, -0.1) is 0 Å². The Kier molecular flexibility index (Phi) is 5.54. The van der Waals surface area contributed by atoms with E-state index in [-0.39, 0.29) is 10.9 Å². The van der Waals surface area contributed by atoms with Gasteiger partial charge >= 0.3 is 0 Å². The number of nitrogens with zero attached hydrogens (tertiary/aromatic N) is 1. The van der Waals surface area contributed by atoms with Gasteiger partial charge in [0.25, 0.3) is 10.1 Å². The molecule has 0 aliphatic carbocycles. The van der Waals surface area contributed by atoms with E-state index >= 15 is 0 Å². The monoisotopic (exact) mass is 361 g/mol. The molecule has 5 nitrogen and oxygen atoms in total. The van der Waals surface area contributed by atoms with E-state index in [1.54, 1.807) is 24.3 Å². The summed E-state index contributed by atoms with van der Waals surface area (Å²) in [5.74, 6) is 0. The Labute approximate surface area is 149 Å². The molecule has 0 aromatic heterocycles. The second-order valence-electron chi connectivity index (χ2n) is 6.30. The van der Waals surface area contributed by atoms with Crippen molar-refractivity contribution in [3.8, 4) is 0 Å². The van der Waals surface area contributed by atoms with Crippen molar-refractivity contribution in [3.05, 3.63) is 65.7 Å². The number of morpholine rings is 1. The van der Waals surface area contributed by atoms with Gasteiger partial charge in [0, 0.05) is 13.1 Å². The molecule has 134 valence electrons. The van der Waals surface area contributed by atoms with Gasteiger partial charge in [0.15, 0.2) is 6.29 Å². The van der Waals surface area contributed by atoms with Crippen molar-refractivity contribution in [1.82, 2.24) is 4.90 Å². The van der Waals surface area contributed by atoms with Crippen LogP contribution in [0.1, 0.15) is 18.1 Å². The molecule has 0 bridgehead atoms. The smallest absolute Gasteiger partial charge is 0.299 e. The van der Waals surface area contributed by atoms with Crippen LogP contribution in [-0.2, 0) is 25.6 Å². The highest BCUT2D eigenvalue weighted by molar-refractivity contribution is 7.86. The fourth-order valence-electron chi connectivity index (χ4n) is 2.84. The lowest BCUT2D eigenvalue weighted by Gasteiger charge is -2.38. The highest BCUT2D eigenvalue weighted by Gasteiger charge is 2.33. The van der Waals surface area contributed by atoms with E-state index in [0.717, 1.165) is 18.7 Å². The lowest BCUT2D eigenvalue weighted by molar-refractivity contribution is -0.159. The van der Waals surface area contributed by atoms with Gasteiger partial charge in [-0.2, -0.15) is 8.42 Å². The molecule has 3 rings (SSSR count). The van der Waals surface area contributed by atoms with Crippen molar-refractivity contribution < 1.29 is 17.3 Å². The normalized spacial score (nSPS) is 22.0. The van der Waals surface area contributed by atoms with E-state index in [1.165, 1.54) is 5.56 Å². The zero-order chi connectivity index (χ0) is 17.9. The van der Waals surface area contributed by atoms with E-state index in [2.05, 4.69) is 17.0 Å². The van der Waals surface area contributed by atoms with Crippen molar-refractivity contribution in [2.24, 2.45) is 0 Å². The molecule has 1 fully saturated rings. The SMILES string of the molecule is Cc1ccc(S(=O)(=O)O[C@H]2OCCN(Cc3ccccc3)C2C)cc1. The van der Waals surface area contributed by atoms with Crippen LogP contribution in [0, 0.1) is 6.92 Å². The summed E-state index contributed by atoms with van der Waals surface area (Å²) in [5.41, 5.74) is 2.17. The number of hydrogen-bond donors (Lipinski definition) is 0. The second kappa shape index (κ2) is 7.66. The quantitative estimate of drug-likeness (QED) is 0.767. The van der Waals surface area contributed by atoms with Gasteiger partial charge in [0.2, 0.25) is 0 Å². The van der Waals surface area contributed by atoms with Crippen LogP contribution in [0.25, 0.3) is 0 Å². The van der Waals surface area contributed by atoms with Gasteiger partial charge in [0.05, 0.1) is 17.5 Å². The second-order valence-corrected chi connectivity index (χ2v) is 7.87. The van der Waals surface area contributed by atoms with Crippen LogP contribution in [0.15, 0.2) is 59.5 Å². The van der Waals surface area contributed by atoms with Crippen LogP contribution < -0.4 is 0 Å². The molecule has 1 saturated heterocycles. The van der Waals surface area contributed by atoms with Gasteiger partial charge < -0.3 is 4.74 Å². The summed E-state index contributed by atoms with van der Waals surface area (Å²) in [6.45, 7) is 5.74. The summed E-state index contributed by atoms with van der Waals surface area (Å²) in [5, 5.41) is 0. The third-order valence-electron chi connectivity index (χ3n) is 4.39. The zero-order valence-corrected chi connectivity index (χ0v) is 15.3. The summed E-state index contributed by atoms with van der Waals surface area (Å²) >= 11 is 0. The molecule has 1 aliphatic heterocycles. The minimum Gasteiger partial charge on any atom is -0.348 e. The predicted molar refractivity (Wildman–Crippen MR) is 95.5 cm³/mol. The van der Waals surface area contributed by atoms with Crippen molar-refractivity contribution in [1.29, 1.82) is 0 Å². The molecule has 0 N–H and O–H groups in total. The average molecular weight is 361 g/mol. The summed E-state index contributed by atoms with van der Waals surface area (Å²) in [4.78, 5) is 2.32. The van der Waals surface area contributed by atoms with E-state index < -0.39 is 16.4 Å². The molecule has 1 heterocycles. The molecule has 1 aliphatic rings. The maximum atomic E-state index is 12.5. The van der Waals surface area contributed by atoms with Crippen LogP contribution in [0.3, 0.4) is 0 Å². The van der Waals surface area contributed by atoms with Gasteiger partial charge in [-0.05, 0) is 31.5 Å². The lowest BCUT2D eigenvalue weighted by atomic mass is 10.1. The molecular weight excluding hydrogens is 338 g/mol. The standard InChI is InChI=1S/C19H23NO4S/c1-15-8-10-18(11-9-15)25(21,22)24-19-16(2)20(12-13-23-19)14-17-6-4-3-5-7-17/h3-11,16,19H,12-14H2,1-2H3/t16?,19-/m1/s1. The van der Waals surface area contributed by atoms with Gasteiger partial charge in [-0.1, -0.05) is 48.0 Å². The van der Waals surface area contributed by atoms with Crippen molar-refractivity contribution >= 4 is 10.1 Å². The van der Waals surface area contributed by atoms with Crippen LogP contribution in [-0.4, -0.2) is 38.8 Å². The summed E-state index contributed by atoms with van der Waals surface area (Å²) in [6.07, 6.45) is -0.816. The first-order valence-corrected chi connectivity index (χ1v) is 9.76. The van der Waals surface area contributed by atoms with Crippen molar-refractivity contribution in [3.63, 3.8) is 0 Å². The number of hydrogen-bond acceptors (Lipinski definition) is 5. The molecule has 2 aromatic carbocycles. The molecule has 6 heteroatoms. The number of aryl methyl sites for hydroxylation is 1. The third-order valence-corrected chi connectivity index (χ3v) is 5.68. The zero-order valence-electron chi connectivity index (χ0n) is 14.5. The Morgan fingerprint density at radius 2 is 1.80 bits per heavy atom. The summed E-state index contributed by atoms with van der Waals surface area (Å²) in [6, 6.07) is 16.5. The number of ether oxygens (including phenoxy) is 1. The molecule has 2 atom stereocenters. The van der Waals surface area contributed by atoms with Crippen LogP contribution >= 0.6 is 0 Å². The minimum absolute atomic E-state index is 0.147. The number of benzene rings is 2. The fraction of sp³-hybridized carbons (Fsp3) is 0.368. The first-order chi connectivity index (χ1) is 12.0. The van der Waals surface area contributed by atoms with E-state index in [4.69, 9.17) is 8.92 Å². The topological polar surface area (TPSA) is 55.8 Å². The Bertz CT molecular complexity index is 790. The summed E-state index contributed by atoms with van der Waals surface area (Å²) in [7, 11) is -3.86. The summed E-state index contributed by atoms with van der Waals surface area (Å²) < 4.78 is 36.0. The molecule has 0 radical (unpaired) electrons. The van der Waals surface area contributed by atoms with E-state index in [0.29, 0.717) is 6.61 Å². The molecule has 0 amide bonds. The van der Waals surface area contributed by atoms with Crippen LogP contribution in [0.2, 0.25) is 0 Å². The Balaban J connectivity index is 1.70. The van der Waals surface area contributed by atoms with E-state index in [9.17, 15) is 8.42 Å². The lowest BCUT2D eigenvalue weighted by Crippen LogP contribution is -2.50. The first-order valence-electron chi connectivity index (χ1n) is 8.35. The van der Waals surface area contributed by atoms with Gasteiger partial charge in [-0.3, -0.25) is 4.90 Å². The van der Waals surface area contributed by atoms with Crippen molar-refractivity contribution in [2.45, 2.75) is 37.6 Å². The fourth-order valence-corrected chi connectivity index (χ4v) is 3.88. The maximum absolute atomic E-state index is 12.5. The molecule has 25 heavy (non-hydrogen) atoms.